The number of nitrogens with one attached hydrogen (secondary N) is 1. The first kappa shape index (κ1) is 19.8. The number of benzene rings is 1. The summed E-state index contributed by atoms with van der Waals surface area (Å²) in [6.45, 7) is 1.70. The van der Waals surface area contributed by atoms with E-state index in [1.807, 2.05) is 18.2 Å². The molecule has 1 saturated heterocycles. The fourth-order valence-electron chi connectivity index (χ4n) is 3.21. The van der Waals surface area contributed by atoms with Crippen LogP contribution in [0.25, 0.3) is 0 Å². The molecule has 0 radical (unpaired) electrons. The van der Waals surface area contributed by atoms with Gasteiger partial charge in [0.2, 0.25) is 0 Å². The number of hydrogen-bond acceptors (Lipinski definition) is 4. The third kappa shape index (κ3) is 5.75. The van der Waals surface area contributed by atoms with E-state index in [0.717, 1.165) is 24.8 Å². The van der Waals surface area contributed by atoms with Crippen LogP contribution in [-0.2, 0) is 16.0 Å². The second-order valence-electron chi connectivity index (χ2n) is 6.51. The van der Waals surface area contributed by atoms with E-state index in [9.17, 15) is 14.4 Å². The molecule has 1 aromatic carbocycles. The Bertz CT molecular complexity index is 639. The molecular formula is C19H26N2O5. The normalized spacial score (nSPS) is 14.7. The number of methoxy groups -OCH3 is 1. The monoisotopic (exact) mass is 362 g/mol. The molecule has 0 atom stereocenters. The number of aliphatic carboxylic acids is 1. The van der Waals surface area contributed by atoms with E-state index in [4.69, 9.17) is 9.84 Å². The largest absolute Gasteiger partial charge is 0.481 e. The predicted octanol–water partition coefficient (Wildman–Crippen LogP) is 2.30. The number of amides is 2. The molecule has 2 amide bonds. The van der Waals surface area contributed by atoms with Gasteiger partial charge in [-0.3, -0.25) is 4.79 Å². The van der Waals surface area contributed by atoms with Gasteiger partial charge in [0, 0.05) is 26.1 Å². The summed E-state index contributed by atoms with van der Waals surface area (Å²) < 4.78 is 4.84. The van der Waals surface area contributed by atoms with Gasteiger partial charge in [-0.1, -0.05) is 18.2 Å². The maximum atomic E-state index is 12.1. The van der Waals surface area contributed by atoms with Crippen molar-refractivity contribution in [1.29, 1.82) is 0 Å². The van der Waals surface area contributed by atoms with Gasteiger partial charge in [0.05, 0.1) is 12.7 Å². The van der Waals surface area contributed by atoms with E-state index >= 15 is 0 Å². The number of carbonyl (C=O) groups is 3. The van der Waals surface area contributed by atoms with Gasteiger partial charge in [-0.05, 0) is 43.2 Å². The van der Waals surface area contributed by atoms with Crippen LogP contribution in [0.3, 0.4) is 0 Å². The van der Waals surface area contributed by atoms with Crippen molar-refractivity contribution in [1.82, 2.24) is 10.2 Å². The van der Waals surface area contributed by atoms with Crippen molar-refractivity contribution >= 4 is 18.0 Å². The Morgan fingerprint density at radius 1 is 1.23 bits per heavy atom. The van der Waals surface area contributed by atoms with Crippen LogP contribution >= 0.6 is 0 Å². The average molecular weight is 362 g/mol. The van der Waals surface area contributed by atoms with Crippen molar-refractivity contribution in [3.05, 3.63) is 35.4 Å². The number of hydrogen-bond donors (Lipinski definition) is 2. The van der Waals surface area contributed by atoms with Crippen molar-refractivity contribution in [2.24, 2.45) is 5.92 Å². The van der Waals surface area contributed by atoms with Crippen LogP contribution in [0.4, 0.5) is 4.79 Å². The highest BCUT2D eigenvalue weighted by Crippen LogP contribution is 2.23. The molecular weight excluding hydrogens is 336 g/mol. The summed E-state index contributed by atoms with van der Waals surface area (Å²) in [4.78, 5) is 36.2. The number of piperidine rings is 1. The topological polar surface area (TPSA) is 95.9 Å². The molecule has 1 aliphatic heterocycles. The highest BCUT2D eigenvalue weighted by atomic mass is 16.5. The number of rotatable bonds is 7. The number of carbonyl (C=O) groups excluding carboxylic acids is 2. The number of carboxylic acids is 1. The molecule has 142 valence electrons. The van der Waals surface area contributed by atoms with Gasteiger partial charge in [-0.25, -0.2) is 9.59 Å². The second-order valence-corrected chi connectivity index (χ2v) is 6.51. The van der Waals surface area contributed by atoms with E-state index in [1.54, 1.807) is 11.0 Å². The molecule has 7 nitrogen and oxygen atoms in total. The number of nitrogens with zero attached hydrogens (tertiary/aromatic N) is 1. The Morgan fingerprint density at radius 2 is 1.92 bits per heavy atom. The molecule has 0 unspecified atom stereocenters. The maximum Gasteiger partial charge on any atom is 0.338 e. The van der Waals surface area contributed by atoms with E-state index in [-0.39, 0.29) is 18.4 Å². The quantitative estimate of drug-likeness (QED) is 0.573. The minimum absolute atomic E-state index is 0.0575. The van der Waals surface area contributed by atoms with Crippen LogP contribution in [-0.4, -0.2) is 54.7 Å². The summed E-state index contributed by atoms with van der Waals surface area (Å²) in [5, 5.41) is 11.4. The Balaban J connectivity index is 1.79. The van der Waals surface area contributed by atoms with Gasteiger partial charge in [0.1, 0.15) is 0 Å². The molecule has 26 heavy (non-hydrogen) atoms. The molecule has 1 heterocycles. The molecule has 0 aromatic heterocycles. The van der Waals surface area contributed by atoms with Crippen molar-refractivity contribution in [3.8, 4) is 0 Å². The number of urea groups is 1. The SMILES string of the molecule is COC(=O)c1ccccc1CC1CCN(C(=O)NCCCC(=O)O)CC1. The lowest BCUT2D eigenvalue weighted by atomic mass is 9.88. The van der Waals surface area contributed by atoms with Crippen molar-refractivity contribution in [2.45, 2.75) is 32.1 Å². The number of ether oxygens (including phenoxy) is 1. The zero-order valence-corrected chi connectivity index (χ0v) is 15.1. The Morgan fingerprint density at radius 3 is 2.58 bits per heavy atom. The van der Waals surface area contributed by atoms with Gasteiger partial charge in [-0.2, -0.15) is 0 Å². The summed E-state index contributed by atoms with van der Waals surface area (Å²) in [5.74, 6) is -0.761. The van der Waals surface area contributed by atoms with Crippen LogP contribution < -0.4 is 5.32 Å². The summed E-state index contributed by atoms with van der Waals surface area (Å²) in [6, 6.07) is 7.34. The molecule has 1 fully saturated rings. The standard InChI is InChI=1S/C19H26N2O5/c1-26-18(24)16-6-3-2-5-15(16)13-14-8-11-21(12-9-14)19(25)20-10-4-7-17(22)23/h2-3,5-6,14H,4,7-13H2,1H3,(H,20,25)(H,22,23). The van der Waals surface area contributed by atoms with E-state index in [1.165, 1.54) is 7.11 Å². The van der Waals surface area contributed by atoms with Gasteiger partial charge in [0.25, 0.3) is 0 Å². The molecule has 0 aliphatic carbocycles. The number of likely N-dealkylation sites (tertiary alicyclic amines) is 1. The zero-order valence-electron chi connectivity index (χ0n) is 15.1. The summed E-state index contributed by atoms with van der Waals surface area (Å²) >= 11 is 0. The number of esters is 1. The zero-order chi connectivity index (χ0) is 18.9. The van der Waals surface area contributed by atoms with Crippen LogP contribution in [0.1, 0.15) is 41.6 Å². The lowest BCUT2D eigenvalue weighted by Gasteiger charge is -2.32. The first-order chi connectivity index (χ1) is 12.5. The van der Waals surface area contributed by atoms with Crippen molar-refractivity contribution < 1.29 is 24.2 Å². The highest BCUT2D eigenvalue weighted by molar-refractivity contribution is 5.91. The summed E-state index contributed by atoms with van der Waals surface area (Å²) in [5.41, 5.74) is 1.59. The average Bonchev–Trinajstić information content (AvgIpc) is 2.65. The van der Waals surface area contributed by atoms with E-state index < -0.39 is 5.97 Å². The van der Waals surface area contributed by atoms with Crippen LogP contribution in [0.5, 0.6) is 0 Å². The third-order valence-electron chi connectivity index (χ3n) is 4.68. The van der Waals surface area contributed by atoms with Gasteiger partial charge < -0.3 is 20.1 Å². The first-order valence-corrected chi connectivity index (χ1v) is 8.92. The number of carboxylic acid groups (broad SMARTS) is 1. The lowest BCUT2D eigenvalue weighted by molar-refractivity contribution is -0.137. The highest BCUT2D eigenvalue weighted by Gasteiger charge is 2.24. The Labute approximate surface area is 153 Å². The van der Waals surface area contributed by atoms with Gasteiger partial charge in [0.15, 0.2) is 0 Å². The van der Waals surface area contributed by atoms with E-state index in [2.05, 4.69) is 5.32 Å². The molecule has 2 N–H and O–H groups in total. The van der Waals surface area contributed by atoms with E-state index in [0.29, 0.717) is 37.5 Å². The van der Waals surface area contributed by atoms with Crippen LogP contribution in [0, 0.1) is 5.92 Å². The van der Waals surface area contributed by atoms with Crippen molar-refractivity contribution in [3.63, 3.8) is 0 Å². The molecule has 2 rings (SSSR count). The second kappa shape index (κ2) is 9.79. The molecule has 0 bridgehead atoms. The van der Waals surface area contributed by atoms with Gasteiger partial charge in [-0.15, -0.1) is 0 Å². The molecule has 0 spiro atoms. The Hall–Kier alpha value is -2.57. The van der Waals surface area contributed by atoms with Crippen LogP contribution in [0.15, 0.2) is 24.3 Å². The fourth-order valence-corrected chi connectivity index (χ4v) is 3.21. The molecule has 0 saturated carbocycles. The lowest BCUT2D eigenvalue weighted by Crippen LogP contribution is -2.45. The van der Waals surface area contributed by atoms with Crippen LogP contribution in [0.2, 0.25) is 0 Å². The first-order valence-electron chi connectivity index (χ1n) is 8.92. The fraction of sp³-hybridized carbons (Fsp3) is 0.526. The third-order valence-corrected chi connectivity index (χ3v) is 4.68. The molecule has 1 aromatic rings. The van der Waals surface area contributed by atoms with Gasteiger partial charge >= 0.3 is 18.0 Å². The van der Waals surface area contributed by atoms with Crippen molar-refractivity contribution in [2.75, 3.05) is 26.7 Å². The summed E-state index contributed by atoms with van der Waals surface area (Å²) in [7, 11) is 1.38. The summed E-state index contributed by atoms with van der Waals surface area (Å²) in [6.07, 6.45) is 3.03. The minimum Gasteiger partial charge on any atom is -0.481 e. The minimum atomic E-state index is -0.854. The molecule has 7 heteroatoms. The predicted molar refractivity (Wildman–Crippen MR) is 96.1 cm³/mol. The smallest absolute Gasteiger partial charge is 0.338 e. The maximum absolute atomic E-state index is 12.1. The Kier molecular flexibility index (Phi) is 7.44. The molecule has 1 aliphatic rings.